The largest absolute Gasteiger partial charge is 0.498 e. The molecule has 0 bridgehead atoms. The number of hydrogen-bond acceptors (Lipinski definition) is 2. The van der Waals surface area contributed by atoms with Crippen LogP contribution in [0.25, 0.3) is 0 Å². The molecule has 0 aromatic rings. The Morgan fingerprint density at radius 2 is 2.03 bits per heavy atom. The average Bonchev–Trinajstić information content (AvgIpc) is 2.87. The van der Waals surface area contributed by atoms with Gasteiger partial charge in [0.2, 0.25) is 0 Å². The Hall–Kier alpha value is -1.24. The molecule has 6 atom stereocenters. The lowest BCUT2D eigenvalue weighted by Crippen LogP contribution is -2.52. The summed E-state index contributed by atoms with van der Waals surface area (Å²) in [7, 11) is -1.55. The first-order chi connectivity index (χ1) is 13.6. The minimum absolute atomic E-state index is 0.162. The summed E-state index contributed by atoms with van der Waals surface area (Å²) < 4.78 is 5.81. The van der Waals surface area contributed by atoms with E-state index in [2.05, 4.69) is 63.7 Å². The summed E-state index contributed by atoms with van der Waals surface area (Å²) in [5.74, 6) is 7.08. The summed E-state index contributed by atoms with van der Waals surface area (Å²) in [6, 6.07) is 0. The van der Waals surface area contributed by atoms with Gasteiger partial charge in [-0.25, -0.2) is 0 Å². The molecule has 0 heterocycles. The third-order valence-electron chi connectivity index (χ3n) is 8.23. The molecule has 0 radical (unpaired) electrons. The first-order valence-corrected chi connectivity index (χ1v) is 15.1. The Kier molecular flexibility index (Phi) is 5.19. The van der Waals surface area contributed by atoms with Crippen LogP contribution in [0.3, 0.4) is 0 Å². The van der Waals surface area contributed by atoms with Gasteiger partial charge in [0.05, 0.1) is 12.4 Å². The minimum Gasteiger partial charge on any atom is -0.498 e. The van der Waals surface area contributed by atoms with Crippen molar-refractivity contribution in [3.63, 3.8) is 0 Å². The van der Waals surface area contributed by atoms with Gasteiger partial charge in [0.25, 0.3) is 0 Å². The predicted molar refractivity (Wildman–Crippen MR) is 123 cm³/mol. The second-order valence-electron chi connectivity index (χ2n) is 11.0. The van der Waals surface area contributed by atoms with Crippen LogP contribution in [0.5, 0.6) is 0 Å². The lowest BCUT2D eigenvalue weighted by atomic mass is 9.51. The molecule has 4 rings (SSSR count). The summed E-state index contributed by atoms with van der Waals surface area (Å²) in [5, 5.41) is 11.8. The van der Waals surface area contributed by atoms with Crippen molar-refractivity contribution >= 4 is 8.07 Å². The SMILES string of the molecule is C=C1C[C@H]2[C@@H]3CC=C4C=C(OCC)CC[C@@H]4[C@H]3CC[C@]2(C)[C@]1(O)C#C[Si](C)(C)C. The maximum atomic E-state index is 11.8. The van der Waals surface area contributed by atoms with Gasteiger partial charge in [-0.1, -0.05) is 45.1 Å². The Balaban J connectivity index is 1.64. The molecule has 3 heteroatoms. The van der Waals surface area contributed by atoms with Gasteiger partial charge in [0.1, 0.15) is 8.07 Å². The lowest BCUT2D eigenvalue weighted by molar-refractivity contribution is -0.0717. The van der Waals surface area contributed by atoms with Crippen LogP contribution in [-0.2, 0) is 4.74 Å². The van der Waals surface area contributed by atoms with E-state index in [4.69, 9.17) is 4.74 Å². The summed E-state index contributed by atoms with van der Waals surface area (Å²) >= 11 is 0. The second kappa shape index (κ2) is 7.17. The number of ether oxygens (including phenoxy) is 1. The highest BCUT2D eigenvalue weighted by atomic mass is 28.3. The second-order valence-corrected chi connectivity index (χ2v) is 15.8. The zero-order chi connectivity index (χ0) is 21.0. The molecule has 0 spiro atoms. The molecule has 29 heavy (non-hydrogen) atoms. The number of allylic oxidation sites excluding steroid dienone is 4. The summed E-state index contributed by atoms with van der Waals surface area (Å²) in [6.07, 6.45) is 11.4. The molecule has 158 valence electrons. The molecule has 0 aliphatic heterocycles. The number of fused-ring (bicyclic) bond motifs is 5. The zero-order valence-corrected chi connectivity index (χ0v) is 20.0. The van der Waals surface area contributed by atoms with Crippen molar-refractivity contribution in [2.75, 3.05) is 6.61 Å². The van der Waals surface area contributed by atoms with Crippen molar-refractivity contribution in [1.29, 1.82) is 0 Å². The molecule has 4 aliphatic carbocycles. The topological polar surface area (TPSA) is 29.5 Å². The first-order valence-electron chi connectivity index (χ1n) is 11.6. The van der Waals surface area contributed by atoms with Gasteiger partial charge in [-0.05, 0) is 79.9 Å². The molecule has 0 aromatic carbocycles. The van der Waals surface area contributed by atoms with Crippen molar-refractivity contribution < 1.29 is 9.84 Å². The van der Waals surface area contributed by atoms with E-state index in [1.807, 2.05) is 0 Å². The van der Waals surface area contributed by atoms with Gasteiger partial charge in [-0.2, -0.15) is 0 Å². The number of hydrogen-bond donors (Lipinski definition) is 1. The van der Waals surface area contributed by atoms with E-state index in [-0.39, 0.29) is 5.41 Å². The fraction of sp³-hybridized carbons (Fsp3) is 0.692. The molecule has 0 unspecified atom stereocenters. The van der Waals surface area contributed by atoms with Gasteiger partial charge >= 0.3 is 0 Å². The van der Waals surface area contributed by atoms with E-state index in [9.17, 15) is 5.11 Å². The van der Waals surface area contributed by atoms with E-state index < -0.39 is 13.7 Å². The molecule has 2 saturated carbocycles. The Morgan fingerprint density at radius 3 is 2.72 bits per heavy atom. The van der Waals surface area contributed by atoms with E-state index in [1.165, 1.54) is 24.2 Å². The van der Waals surface area contributed by atoms with Crippen LogP contribution in [0.1, 0.15) is 52.4 Å². The van der Waals surface area contributed by atoms with Crippen molar-refractivity contribution in [3.05, 3.63) is 35.6 Å². The Labute approximate surface area is 178 Å². The first kappa shape index (κ1) is 21.0. The number of aliphatic hydroxyl groups is 1. The maximum Gasteiger partial charge on any atom is 0.151 e. The van der Waals surface area contributed by atoms with Crippen LogP contribution in [0.15, 0.2) is 35.6 Å². The molecule has 2 fully saturated rings. The van der Waals surface area contributed by atoms with Crippen molar-refractivity contribution in [2.24, 2.45) is 29.1 Å². The third kappa shape index (κ3) is 3.37. The fourth-order valence-corrected chi connectivity index (χ4v) is 7.26. The molecule has 0 amide bonds. The molecule has 1 N–H and O–H groups in total. The van der Waals surface area contributed by atoms with Crippen LogP contribution in [0.4, 0.5) is 0 Å². The lowest BCUT2D eigenvalue weighted by Gasteiger charge is -2.53. The van der Waals surface area contributed by atoms with E-state index in [1.54, 1.807) is 0 Å². The smallest absolute Gasteiger partial charge is 0.151 e. The van der Waals surface area contributed by atoms with Crippen molar-refractivity contribution in [3.8, 4) is 11.5 Å². The Morgan fingerprint density at radius 1 is 1.28 bits per heavy atom. The van der Waals surface area contributed by atoms with E-state index >= 15 is 0 Å². The standard InChI is InChI=1S/C26H38O2Si/c1-7-28-20-9-11-21-19(17-20)8-10-23-22(21)12-13-25(3)24(23)16-18(2)26(25,27)14-15-29(4,5)6/h8,17,21-24,27H,2,7,9-13,16H2,1,3-6H3/t21-,22+,23+,24-,25-,26-/m0/s1. The van der Waals surface area contributed by atoms with Gasteiger partial charge in [-0.3, -0.25) is 0 Å². The van der Waals surface area contributed by atoms with Crippen LogP contribution < -0.4 is 0 Å². The number of rotatable bonds is 2. The molecule has 0 saturated heterocycles. The van der Waals surface area contributed by atoms with Gasteiger partial charge in [0, 0.05) is 11.8 Å². The zero-order valence-electron chi connectivity index (χ0n) is 19.0. The molecule has 0 aromatic heterocycles. The normalized spacial score (nSPS) is 41.2. The molecule has 4 aliphatic rings. The van der Waals surface area contributed by atoms with Crippen molar-refractivity contribution in [2.45, 2.75) is 77.6 Å². The van der Waals surface area contributed by atoms with Crippen LogP contribution >= 0.6 is 0 Å². The van der Waals surface area contributed by atoms with Crippen molar-refractivity contribution in [1.82, 2.24) is 0 Å². The van der Waals surface area contributed by atoms with Gasteiger partial charge in [0.15, 0.2) is 5.60 Å². The van der Waals surface area contributed by atoms with Gasteiger partial charge in [-0.15, -0.1) is 5.54 Å². The van der Waals surface area contributed by atoms with Crippen LogP contribution in [0.2, 0.25) is 19.6 Å². The average molecular weight is 411 g/mol. The van der Waals surface area contributed by atoms with E-state index in [0.29, 0.717) is 17.8 Å². The van der Waals surface area contributed by atoms with Gasteiger partial charge < -0.3 is 9.84 Å². The van der Waals surface area contributed by atoms with Crippen LogP contribution in [0, 0.1) is 40.6 Å². The minimum atomic E-state index is -1.55. The van der Waals surface area contributed by atoms with E-state index in [0.717, 1.165) is 43.8 Å². The molecular weight excluding hydrogens is 372 g/mol. The highest BCUT2D eigenvalue weighted by Gasteiger charge is 2.63. The monoisotopic (exact) mass is 410 g/mol. The highest BCUT2D eigenvalue weighted by molar-refractivity contribution is 6.83. The summed E-state index contributed by atoms with van der Waals surface area (Å²) in [4.78, 5) is 0. The third-order valence-corrected chi connectivity index (χ3v) is 9.11. The maximum absolute atomic E-state index is 11.8. The molecule has 2 nitrogen and oxygen atoms in total. The van der Waals surface area contributed by atoms with Crippen LogP contribution in [-0.4, -0.2) is 25.4 Å². The fourth-order valence-electron chi connectivity index (χ4n) is 6.70. The Bertz CT molecular complexity index is 820. The predicted octanol–water partition coefficient (Wildman–Crippen LogP) is 5.87. The summed E-state index contributed by atoms with van der Waals surface area (Å²) in [5.41, 5.74) is 4.77. The summed E-state index contributed by atoms with van der Waals surface area (Å²) in [6.45, 7) is 16.2. The quantitative estimate of drug-likeness (QED) is 0.350. The molecular formula is C26H38O2Si. The highest BCUT2D eigenvalue weighted by Crippen LogP contribution is 2.65.